The van der Waals surface area contributed by atoms with Crippen molar-refractivity contribution in [2.75, 3.05) is 0 Å². The number of halogens is 2. The molecule has 2 aliphatic carbocycles. The molecule has 12 aromatic rings. The summed E-state index contributed by atoms with van der Waals surface area (Å²) in [4.78, 5) is 49.0. The first-order valence-electron chi connectivity index (χ1n) is 26.6. The summed E-state index contributed by atoms with van der Waals surface area (Å²) in [5, 5.41) is 5.01. The molecule has 2 aromatic heterocycles. The SMILES string of the molecule is C.CC1(C)OB(c2ccc(-n3c4ccccc4c4ccccc43)cc2)OC1(C)C.I.O=C1C(=O)c2ccc(-c3ccc(-n4c5ccccc5c5ccccc54)cc3)cc2-c2ccccc21.O=C1C(=O)c2ccc(Br)cc2-c2ccccc21.[B]. The first-order chi connectivity index (χ1) is 38.8. The van der Waals surface area contributed by atoms with Crippen LogP contribution in [0.2, 0.25) is 0 Å². The van der Waals surface area contributed by atoms with Crippen molar-refractivity contribution in [3.05, 3.63) is 257 Å². The Hall–Kier alpha value is -8.26. The smallest absolute Gasteiger partial charge is 0.399 e. The van der Waals surface area contributed by atoms with E-state index in [1.807, 2.05) is 42.5 Å². The highest BCUT2D eigenvalue weighted by Gasteiger charge is 2.51. The van der Waals surface area contributed by atoms with Crippen molar-refractivity contribution in [2.24, 2.45) is 0 Å². The zero-order valence-electron chi connectivity index (χ0n) is 45.2. The lowest BCUT2D eigenvalue weighted by Gasteiger charge is -2.32. The van der Waals surface area contributed by atoms with Crippen LogP contribution in [0.5, 0.6) is 0 Å². The molecule has 12 heteroatoms. The zero-order valence-corrected chi connectivity index (χ0v) is 49.1. The van der Waals surface area contributed by atoms with Crippen LogP contribution in [0.1, 0.15) is 76.6 Å². The maximum absolute atomic E-state index is 12.7. The fourth-order valence-corrected chi connectivity index (χ4v) is 11.7. The van der Waals surface area contributed by atoms with Gasteiger partial charge in [-0.05, 0) is 145 Å². The van der Waals surface area contributed by atoms with Crippen molar-refractivity contribution in [2.45, 2.75) is 46.3 Å². The van der Waals surface area contributed by atoms with Gasteiger partial charge in [-0.3, -0.25) is 19.2 Å². The number of benzene rings is 10. The quantitative estimate of drug-likeness (QED) is 0.0989. The van der Waals surface area contributed by atoms with Gasteiger partial charge in [-0.25, -0.2) is 0 Å². The number of ketones is 4. The highest BCUT2D eigenvalue weighted by Crippen LogP contribution is 2.40. The van der Waals surface area contributed by atoms with Gasteiger partial charge < -0.3 is 18.4 Å². The second-order valence-electron chi connectivity index (χ2n) is 21.3. The Morgan fingerprint density at radius 2 is 0.675 bits per heavy atom. The Kier molecular flexibility index (Phi) is 15.9. The summed E-state index contributed by atoms with van der Waals surface area (Å²) in [6, 6.07) is 76.7. The Morgan fingerprint density at radius 1 is 0.361 bits per heavy atom. The molecule has 1 fully saturated rings. The van der Waals surface area contributed by atoms with Crippen LogP contribution in [0.3, 0.4) is 0 Å². The Labute approximate surface area is 510 Å². The minimum Gasteiger partial charge on any atom is -0.399 e. The van der Waals surface area contributed by atoms with E-state index in [0.717, 1.165) is 54.7 Å². The van der Waals surface area contributed by atoms with Crippen LogP contribution in [0.25, 0.3) is 88.4 Å². The molecule has 0 amide bonds. The van der Waals surface area contributed by atoms with Gasteiger partial charge in [0.15, 0.2) is 0 Å². The fraction of sp³-hybridized carbons (Fsp3) is 0.0986. The first kappa shape index (κ1) is 58.0. The van der Waals surface area contributed by atoms with Crippen LogP contribution in [-0.4, -0.2) is 59.0 Å². The average molecular weight is 1260 g/mol. The second kappa shape index (κ2) is 22.8. The lowest BCUT2D eigenvalue weighted by molar-refractivity contribution is 0.00578. The van der Waals surface area contributed by atoms with E-state index in [-0.39, 0.29) is 58.1 Å². The molecule has 83 heavy (non-hydrogen) atoms. The molecule has 0 unspecified atom stereocenters. The third-order valence-corrected chi connectivity index (χ3v) is 16.6. The van der Waals surface area contributed by atoms with Gasteiger partial charge in [0.25, 0.3) is 0 Å². The molecule has 3 aliphatic rings. The van der Waals surface area contributed by atoms with Gasteiger partial charge in [0.2, 0.25) is 23.1 Å². The van der Waals surface area contributed by atoms with Crippen LogP contribution in [0.15, 0.2) is 235 Å². The minimum atomic E-state index is -0.438. The molecule has 0 N–H and O–H groups in total. The summed E-state index contributed by atoms with van der Waals surface area (Å²) >= 11 is 3.38. The van der Waals surface area contributed by atoms with Gasteiger partial charge in [0, 0.05) is 68.1 Å². The summed E-state index contributed by atoms with van der Waals surface area (Å²) < 4.78 is 17.9. The molecule has 1 saturated heterocycles. The average Bonchev–Trinajstić information content (AvgIpc) is 3.97. The molecule has 10 aromatic carbocycles. The highest BCUT2D eigenvalue weighted by atomic mass is 127. The van der Waals surface area contributed by atoms with Crippen LogP contribution in [0.4, 0.5) is 0 Å². The van der Waals surface area contributed by atoms with Crippen LogP contribution >= 0.6 is 39.9 Å². The summed E-state index contributed by atoms with van der Waals surface area (Å²) in [6.07, 6.45) is 0. The number of Topliss-reactive ketones (excluding diaryl/α,β-unsaturated/α-hetero) is 4. The van der Waals surface area contributed by atoms with Gasteiger partial charge in [-0.2, -0.15) is 0 Å². The molecule has 8 nitrogen and oxygen atoms in total. The summed E-state index contributed by atoms with van der Waals surface area (Å²) in [7, 11) is -0.336. The van der Waals surface area contributed by atoms with E-state index in [2.05, 4.69) is 198 Å². The Balaban J connectivity index is 0.000000144. The van der Waals surface area contributed by atoms with E-state index in [0.29, 0.717) is 22.3 Å². The summed E-state index contributed by atoms with van der Waals surface area (Å²) in [5.41, 5.74) is 14.7. The molecule has 0 saturated carbocycles. The third-order valence-electron chi connectivity index (χ3n) is 16.1. The molecule has 3 heterocycles. The van der Waals surface area contributed by atoms with Crippen molar-refractivity contribution in [3.8, 4) is 44.8 Å². The highest BCUT2D eigenvalue weighted by molar-refractivity contribution is 14.0. The van der Waals surface area contributed by atoms with Crippen molar-refractivity contribution in [3.63, 3.8) is 0 Å². The second-order valence-corrected chi connectivity index (χ2v) is 22.2. The fourth-order valence-electron chi connectivity index (χ4n) is 11.4. The molecular formula is C71H55B2BrIN2O6. The van der Waals surface area contributed by atoms with Gasteiger partial charge in [-0.15, -0.1) is 24.0 Å². The van der Waals surface area contributed by atoms with Crippen LogP contribution in [0, 0.1) is 0 Å². The molecule has 0 atom stereocenters. The molecular weight excluding hydrogens is 1210 g/mol. The normalized spacial score (nSPS) is 14.2. The van der Waals surface area contributed by atoms with Crippen molar-refractivity contribution in [1.29, 1.82) is 0 Å². The number of rotatable bonds is 4. The summed E-state index contributed by atoms with van der Waals surface area (Å²) in [6.45, 7) is 8.33. The number of carbonyl (C=O) groups excluding carboxylic acids is 4. The van der Waals surface area contributed by atoms with E-state index in [9.17, 15) is 19.2 Å². The number of hydrogen-bond donors (Lipinski definition) is 0. The maximum atomic E-state index is 12.7. The van der Waals surface area contributed by atoms with Crippen molar-refractivity contribution >= 4 is 128 Å². The number of carbonyl (C=O) groups is 4. The molecule has 405 valence electrons. The van der Waals surface area contributed by atoms with E-state index in [1.165, 1.54) is 43.6 Å². The number of hydrogen-bond acceptors (Lipinski definition) is 6. The van der Waals surface area contributed by atoms with E-state index >= 15 is 0 Å². The van der Waals surface area contributed by atoms with Gasteiger partial charge in [0.05, 0.1) is 33.3 Å². The largest absolute Gasteiger partial charge is 0.494 e. The maximum Gasteiger partial charge on any atom is 0.494 e. The lowest BCUT2D eigenvalue weighted by atomic mass is 9.79. The standard InChI is InChI=1S/C32H19NO2.C24H24BNO2.C14H7BrO2.CH4.B.HI/c34-31-26-10-2-1-7-23(26)28-19-21(15-18-27(28)32(31)35)20-13-16-22(17-14-20)33-29-11-5-3-8-24(29)25-9-4-6-12-30(25)33;1-23(2)24(3,4)28-25(27-23)17-13-15-18(16-14-17)26-21-11-7-5-9-19(21)20-10-6-8-12-22(20)26;15-8-5-6-11-12(7-8)9-3-1-2-4-10(9)13(16)14(11)17;;;/h1-19H;5-16H,1-4H3;1-7H;1H4;;1H. The topological polar surface area (TPSA) is 96.6 Å². The van der Waals surface area contributed by atoms with E-state index in [4.69, 9.17) is 9.31 Å². The zero-order chi connectivity index (χ0) is 55.0. The first-order valence-corrected chi connectivity index (χ1v) is 27.4. The lowest BCUT2D eigenvalue weighted by Crippen LogP contribution is -2.41. The Morgan fingerprint density at radius 3 is 1.08 bits per heavy atom. The van der Waals surface area contributed by atoms with Crippen LogP contribution in [-0.2, 0) is 9.31 Å². The molecule has 0 spiro atoms. The number of nitrogens with zero attached hydrogens (tertiary/aromatic N) is 2. The van der Waals surface area contributed by atoms with Crippen LogP contribution < -0.4 is 5.46 Å². The molecule has 3 radical (unpaired) electrons. The number of para-hydroxylation sites is 4. The van der Waals surface area contributed by atoms with Crippen molar-refractivity contribution < 1.29 is 28.5 Å². The van der Waals surface area contributed by atoms with Gasteiger partial charge in [0.1, 0.15) is 0 Å². The molecule has 15 rings (SSSR count). The molecule has 0 bridgehead atoms. The van der Waals surface area contributed by atoms with Gasteiger partial charge >= 0.3 is 7.12 Å². The minimum absolute atomic E-state index is 0. The Bertz CT molecular complexity index is 4420. The van der Waals surface area contributed by atoms with E-state index in [1.54, 1.807) is 42.5 Å². The predicted octanol–water partition coefficient (Wildman–Crippen LogP) is 16.9. The predicted molar refractivity (Wildman–Crippen MR) is 353 cm³/mol. The third kappa shape index (κ3) is 10.0. The van der Waals surface area contributed by atoms with Crippen molar-refractivity contribution in [1.82, 2.24) is 9.13 Å². The molecule has 1 aliphatic heterocycles. The number of aromatic nitrogens is 2. The number of fused-ring (bicyclic) bond motifs is 12. The van der Waals surface area contributed by atoms with Gasteiger partial charge in [-0.1, -0.05) is 175 Å². The summed E-state index contributed by atoms with van der Waals surface area (Å²) in [5.74, 6) is -1.72. The van der Waals surface area contributed by atoms with E-state index < -0.39 is 23.1 Å². The monoisotopic (exact) mass is 1260 g/mol.